The van der Waals surface area contributed by atoms with Crippen molar-refractivity contribution in [2.24, 2.45) is 11.7 Å². The van der Waals surface area contributed by atoms with E-state index in [4.69, 9.17) is 28.9 Å². The van der Waals surface area contributed by atoms with Crippen LogP contribution in [0.5, 0.6) is 0 Å². The summed E-state index contributed by atoms with van der Waals surface area (Å²) in [7, 11) is 0. The Labute approximate surface area is 135 Å². The molecule has 0 spiro atoms. The number of hydrogen-bond donors (Lipinski definition) is 2. The molecular weight excluding hydrogens is 309 g/mol. The average molecular weight is 330 g/mol. The fourth-order valence-electron chi connectivity index (χ4n) is 2.61. The molecule has 0 aliphatic carbocycles. The Kier molecular flexibility index (Phi) is 6.30. The number of benzene rings is 1. The molecule has 0 aromatic heterocycles. The van der Waals surface area contributed by atoms with Crippen LogP contribution >= 0.6 is 23.2 Å². The molecule has 1 atom stereocenters. The van der Waals surface area contributed by atoms with E-state index < -0.39 is 0 Å². The van der Waals surface area contributed by atoms with Gasteiger partial charge in [-0.25, -0.2) is 0 Å². The van der Waals surface area contributed by atoms with E-state index in [1.54, 1.807) is 18.2 Å². The molecule has 4 nitrogen and oxygen atoms in total. The third-order valence-corrected chi connectivity index (χ3v) is 4.36. The number of nitrogens with two attached hydrogens (primary N) is 1. The summed E-state index contributed by atoms with van der Waals surface area (Å²) >= 11 is 11.9. The number of likely N-dealkylation sites (tertiary alicyclic amines) is 1. The number of rotatable bonds is 5. The second-order valence-electron chi connectivity index (χ2n) is 5.47. The van der Waals surface area contributed by atoms with Gasteiger partial charge in [0, 0.05) is 24.5 Å². The first-order valence-corrected chi connectivity index (χ1v) is 8.01. The molecule has 0 saturated carbocycles. The maximum atomic E-state index is 12.0. The number of amides is 1. The molecule has 2 rings (SSSR count). The summed E-state index contributed by atoms with van der Waals surface area (Å²) in [5.74, 6) is 0.512. The van der Waals surface area contributed by atoms with Gasteiger partial charge in [0.1, 0.15) is 0 Å². The van der Waals surface area contributed by atoms with Crippen molar-refractivity contribution in [1.29, 1.82) is 0 Å². The number of nitrogens with zero attached hydrogens (tertiary/aromatic N) is 1. The molecule has 1 aliphatic rings. The van der Waals surface area contributed by atoms with Crippen LogP contribution in [0.4, 0.5) is 5.69 Å². The van der Waals surface area contributed by atoms with Gasteiger partial charge in [0.25, 0.3) is 0 Å². The Balaban J connectivity index is 1.80. The molecule has 6 heteroatoms. The topological polar surface area (TPSA) is 58.4 Å². The molecule has 3 N–H and O–H groups in total. The van der Waals surface area contributed by atoms with Crippen LogP contribution in [0.2, 0.25) is 10.0 Å². The lowest BCUT2D eigenvalue weighted by molar-refractivity contribution is -0.116. The Hall–Kier alpha value is -0.810. The molecule has 21 heavy (non-hydrogen) atoms. The molecule has 1 saturated heterocycles. The van der Waals surface area contributed by atoms with E-state index in [-0.39, 0.29) is 5.91 Å². The van der Waals surface area contributed by atoms with Gasteiger partial charge in [0.2, 0.25) is 5.91 Å². The average Bonchev–Trinajstić information content (AvgIpc) is 2.49. The summed E-state index contributed by atoms with van der Waals surface area (Å²) in [4.78, 5) is 14.3. The van der Waals surface area contributed by atoms with Crippen molar-refractivity contribution in [1.82, 2.24) is 4.90 Å². The smallest absolute Gasteiger partial charge is 0.225 e. The van der Waals surface area contributed by atoms with Crippen molar-refractivity contribution >= 4 is 34.8 Å². The zero-order valence-electron chi connectivity index (χ0n) is 11.9. The molecule has 116 valence electrons. The highest BCUT2D eigenvalue weighted by Crippen LogP contribution is 2.25. The van der Waals surface area contributed by atoms with E-state index in [2.05, 4.69) is 10.2 Å². The van der Waals surface area contributed by atoms with E-state index in [0.29, 0.717) is 28.1 Å². The lowest BCUT2D eigenvalue weighted by Crippen LogP contribution is -2.39. The number of carbonyl (C=O) groups is 1. The van der Waals surface area contributed by atoms with Crippen LogP contribution in [0, 0.1) is 5.92 Å². The minimum Gasteiger partial charge on any atom is -0.330 e. The van der Waals surface area contributed by atoms with Crippen molar-refractivity contribution in [3.8, 4) is 0 Å². The van der Waals surface area contributed by atoms with Crippen LogP contribution in [-0.2, 0) is 4.79 Å². The number of carbonyl (C=O) groups excluding carboxylic acids is 1. The molecular formula is C15H21Cl2N3O. The number of halogens is 2. The van der Waals surface area contributed by atoms with Crippen LogP contribution in [-0.4, -0.2) is 37.0 Å². The summed E-state index contributed by atoms with van der Waals surface area (Å²) in [6.45, 7) is 3.50. The van der Waals surface area contributed by atoms with Gasteiger partial charge in [-0.2, -0.15) is 0 Å². The van der Waals surface area contributed by atoms with Crippen LogP contribution in [0.15, 0.2) is 18.2 Å². The van der Waals surface area contributed by atoms with Gasteiger partial charge in [0.15, 0.2) is 0 Å². The van der Waals surface area contributed by atoms with Crippen molar-refractivity contribution in [2.45, 2.75) is 19.3 Å². The standard InChI is InChI=1S/C15H21Cl2N3O/c16-12-3-4-13(17)14(8-12)19-15(21)5-7-20-6-1-2-11(9-18)10-20/h3-4,8,11H,1-2,5-7,9-10,18H2,(H,19,21). The summed E-state index contributed by atoms with van der Waals surface area (Å²) in [5, 5.41) is 3.86. The molecule has 1 heterocycles. The van der Waals surface area contributed by atoms with E-state index in [9.17, 15) is 4.79 Å². The van der Waals surface area contributed by atoms with Gasteiger partial charge in [0.05, 0.1) is 10.7 Å². The van der Waals surface area contributed by atoms with E-state index >= 15 is 0 Å². The molecule has 1 unspecified atom stereocenters. The van der Waals surface area contributed by atoms with Gasteiger partial charge in [-0.3, -0.25) is 4.79 Å². The first-order chi connectivity index (χ1) is 10.1. The fourth-order valence-corrected chi connectivity index (χ4v) is 2.95. The summed E-state index contributed by atoms with van der Waals surface area (Å²) < 4.78 is 0. The van der Waals surface area contributed by atoms with Crippen molar-refractivity contribution in [3.05, 3.63) is 28.2 Å². The molecule has 0 bridgehead atoms. The Morgan fingerprint density at radius 1 is 1.43 bits per heavy atom. The SMILES string of the molecule is NCC1CCCN(CCC(=O)Nc2cc(Cl)ccc2Cl)C1. The third kappa shape index (κ3) is 5.15. The molecule has 1 amide bonds. The second-order valence-corrected chi connectivity index (χ2v) is 6.31. The number of anilines is 1. The van der Waals surface area contributed by atoms with Gasteiger partial charge < -0.3 is 16.0 Å². The van der Waals surface area contributed by atoms with E-state index in [1.807, 2.05) is 0 Å². The number of hydrogen-bond acceptors (Lipinski definition) is 3. The highest BCUT2D eigenvalue weighted by atomic mass is 35.5. The van der Waals surface area contributed by atoms with Crippen LogP contribution in [0.1, 0.15) is 19.3 Å². The first-order valence-electron chi connectivity index (χ1n) is 7.26. The molecule has 1 aliphatic heterocycles. The van der Waals surface area contributed by atoms with Crippen molar-refractivity contribution < 1.29 is 4.79 Å². The maximum absolute atomic E-state index is 12.0. The molecule has 0 radical (unpaired) electrons. The van der Waals surface area contributed by atoms with Gasteiger partial charge in [-0.1, -0.05) is 23.2 Å². The second kappa shape index (κ2) is 7.99. The van der Waals surface area contributed by atoms with Crippen molar-refractivity contribution in [2.75, 3.05) is 31.5 Å². The van der Waals surface area contributed by atoms with Crippen LogP contribution < -0.4 is 11.1 Å². The minimum atomic E-state index is -0.0472. The van der Waals surface area contributed by atoms with Gasteiger partial charge >= 0.3 is 0 Å². The third-order valence-electron chi connectivity index (χ3n) is 3.79. The summed E-state index contributed by atoms with van der Waals surface area (Å²) in [5.41, 5.74) is 6.28. The fraction of sp³-hybridized carbons (Fsp3) is 0.533. The monoisotopic (exact) mass is 329 g/mol. The molecule has 1 aromatic rings. The lowest BCUT2D eigenvalue weighted by atomic mass is 9.98. The van der Waals surface area contributed by atoms with Crippen LogP contribution in [0.3, 0.4) is 0 Å². The van der Waals surface area contributed by atoms with E-state index in [0.717, 1.165) is 32.6 Å². The molecule has 1 fully saturated rings. The van der Waals surface area contributed by atoms with E-state index in [1.165, 1.54) is 6.42 Å². The Morgan fingerprint density at radius 2 is 2.24 bits per heavy atom. The number of piperidine rings is 1. The zero-order chi connectivity index (χ0) is 15.2. The van der Waals surface area contributed by atoms with Gasteiger partial charge in [-0.05, 0) is 50.0 Å². The predicted octanol–water partition coefficient (Wildman–Crippen LogP) is 2.99. The minimum absolute atomic E-state index is 0.0472. The maximum Gasteiger partial charge on any atom is 0.225 e. The summed E-state index contributed by atoms with van der Waals surface area (Å²) in [6.07, 6.45) is 2.79. The van der Waals surface area contributed by atoms with Crippen LogP contribution in [0.25, 0.3) is 0 Å². The Morgan fingerprint density at radius 3 is 3.00 bits per heavy atom. The molecule has 1 aromatic carbocycles. The van der Waals surface area contributed by atoms with Crippen molar-refractivity contribution in [3.63, 3.8) is 0 Å². The number of nitrogens with one attached hydrogen (secondary N) is 1. The zero-order valence-corrected chi connectivity index (χ0v) is 13.5. The normalized spacial score (nSPS) is 19.5. The highest BCUT2D eigenvalue weighted by Gasteiger charge is 2.19. The quantitative estimate of drug-likeness (QED) is 0.873. The Bertz CT molecular complexity index is 496. The first kappa shape index (κ1) is 16.6. The van der Waals surface area contributed by atoms with Gasteiger partial charge in [-0.15, -0.1) is 0 Å². The highest BCUT2D eigenvalue weighted by molar-refractivity contribution is 6.35. The predicted molar refractivity (Wildman–Crippen MR) is 87.9 cm³/mol. The summed E-state index contributed by atoms with van der Waals surface area (Å²) in [6, 6.07) is 5.03. The largest absolute Gasteiger partial charge is 0.330 e. The lowest BCUT2D eigenvalue weighted by Gasteiger charge is -2.31.